The van der Waals surface area contributed by atoms with Gasteiger partial charge in [0.1, 0.15) is 11.5 Å². The minimum absolute atomic E-state index is 0.250. The molecule has 3 nitrogen and oxygen atoms in total. The summed E-state index contributed by atoms with van der Waals surface area (Å²) in [5, 5.41) is 8.79. The summed E-state index contributed by atoms with van der Waals surface area (Å²) in [7, 11) is 0. The van der Waals surface area contributed by atoms with Gasteiger partial charge in [0.15, 0.2) is 0 Å². The highest BCUT2D eigenvalue weighted by Gasteiger charge is 2.26. The lowest BCUT2D eigenvalue weighted by Crippen LogP contribution is -2.16. The molecule has 1 heterocycles. The maximum atomic E-state index is 10.7. The van der Waals surface area contributed by atoms with Crippen LogP contribution in [0.5, 0.6) is 0 Å². The Morgan fingerprint density at radius 2 is 2.31 bits per heavy atom. The number of hydrogen-bond acceptors (Lipinski definition) is 2. The number of hydrogen-bond donors (Lipinski definition) is 1. The molecule has 0 saturated heterocycles. The molecule has 1 aliphatic carbocycles. The van der Waals surface area contributed by atoms with Gasteiger partial charge in [0.2, 0.25) is 0 Å². The van der Waals surface area contributed by atoms with Crippen molar-refractivity contribution in [1.82, 2.24) is 0 Å². The summed E-state index contributed by atoms with van der Waals surface area (Å²) in [6.07, 6.45) is 3.93. The zero-order chi connectivity index (χ0) is 11.7. The van der Waals surface area contributed by atoms with Crippen LogP contribution in [0.1, 0.15) is 42.4 Å². The molecule has 1 unspecified atom stereocenters. The lowest BCUT2D eigenvalue weighted by molar-refractivity contribution is -0.138. The van der Waals surface area contributed by atoms with Crippen LogP contribution in [0.4, 0.5) is 0 Å². The van der Waals surface area contributed by atoms with Gasteiger partial charge in [-0.05, 0) is 36.8 Å². The fourth-order valence-corrected chi connectivity index (χ4v) is 2.63. The number of carboxylic acids is 1. The molecule has 0 saturated carbocycles. The molecule has 1 aromatic rings. The lowest BCUT2D eigenvalue weighted by Gasteiger charge is -2.19. The van der Waals surface area contributed by atoms with E-state index in [9.17, 15) is 4.79 Å². The summed E-state index contributed by atoms with van der Waals surface area (Å²) in [4.78, 5) is 10.7. The summed E-state index contributed by atoms with van der Waals surface area (Å²) >= 11 is 0. The first-order valence-corrected chi connectivity index (χ1v) is 5.93. The highest BCUT2D eigenvalue weighted by molar-refractivity contribution is 5.67. The van der Waals surface area contributed by atoms with Crippen LogP contribution in [-0.2, 0) is 24.1 Å². The molecule has 1 aromatic heterocycles. The maximum absolute atomic E-state index is 10.7. The minimum atomic E-state index is -0.701. The second-order valence-electron chi connectivity index (χ2n) is 4.61. The van der Waals surface area contributed by atoms with Crippen molar-refractivity contribution >= 4 is 5.97 Å². The van der Waals surface area contributed by atoms with Gasteiger partial charge in [0.05, 0.1) is 0 Å². The Kier molecular flexibility index (Phi) is 3.03. The molecule has 1 aliphatic rings. The first kappa shape index (κ1) is 11.2. The summed E-state index contributed by atoms with van der Waals surface area (Å²) in [6.45, 7) is 4.20. The highest BCUT2D eigenvalue weighted by Crippen LogP contribution is 2.33. The molecule has 0 aromatic carbocycles. The molecule has 3 heteroatoms. The van der Waals surface area contributed by atoms with Gasteiger partial charge in [0, 0.05) is 19.3 Å². The Morgan fingerprint density at radius 1 is 1.56 bits per heavy atom. The van der Waals surface area contributed by atoms with E-state index in [1.165, 1.54) is 11.1 Å². The van der Waals surface area contributed by atoms with E-state index < -0.39 is 5.97 Å². The Balaban J connectivity index is 2.18. The number of rotatable bonds is 3. The van der Waals surface area contributed by atoms with Crippen molar-refractivity contribution < 1.29 is 14.3 Å². The van der Waals surface area contributed by atoms with E-state index in [0.717, 1.165) is 37.2 Å². The van der Waals surface area contributed by atoms with E-state index in [2.05, 4.69) is 13.8 Å². The number of carboxylic acid groups (broad SMARTS) is 1. The fourth-order valence-electron chi connectivity index (χ4n) is 2.63. The molecule has 0 fully saturated rings. The summed E-state index contributed by atoms with van der Waals surface area (Å²) in [5.41, 5.74) is 2.62. The average molecular weight is 222 g/mol. The second-order valence-corrected chi connectivity index (χ2v) is 4.61. The molecule has 0 bridgehead atoms. The summed E-state index contributed by atoms with van der Waals surface area (Å²) in [6, 6.07) is 0. The summed E-state index contributed by atoms with van der Waals surface area (Å²) < 4.78 is 5.80. The van der Waals surface area contributed by atoms with E-state index in [1.807, 2.05) is 0 Å². The Bertz CT molecular complexity index is 404. The molecule has 0 amide bonds. The first-order valence-electron chi connectivity index (χ1n) is 5.93. The number of carbonyl (C=O) groups is 1. The predicted molar refractivity (Wildman–Crippen MR) is 60.6 cm³/mol. The highest BCUT2D eigenvalue weighted by atomic mass is 16.4. The fraction of sp³-hybridized carbons (Fsp3) is 0.615. The SMILES string of the molecule is CCc1oc2c(c1C)CCC(CC(=O)O)C2. The third kappa shape index (κ3) is 1.99. The van der Waals surface area contributed by atoms with Crippen molar-refractivity contribution in [2.75, 3.05) is 0 Å². The molecule has 1 N–H and O–H groups in total. The van der Waals surface area contributed by atoms with Gasteiger partial charge in [-0.25, -0.2) is 0 Å². The van der Waals surface area contributed by atoms with Gasteiger partial charge >= 0.3 is 5.97 Å². The van der Waals surface area contributed by atoms with Crippen LogP contribution in [0.15, 0.2) is 4.42 Å². The van der Waals surface area contributed by atoms with Crippen molar-refractivity contribution in [3.63, 3.8) is 0 Å². The van der Waals surface area contributed by atoms with Crippen LogP contribution in [0.2, 0.25) is 0 Å². The van der Waals surface area contributed by atoms with E-state index in [-0.39, 0.29) is 12.3 Å². The Labute approximate surface area is 95.5 Å². The molecule has 0 radical (unpaired) electrons. The largest absolute Gasteiger partial charge is 0.481 e. The number of aliphatic carboxylic acids is 1. The Morgan fingerprint density at radius 3 is 2.94 bits per heavy atom. The van der Waals surface area contributed by atoms with Gasteiger partial charge in [-0.1, -0.05) is 6.92 Å². The molecule has 16 heavy (non-hydrogen) atoms. The molecular formula is C13H18O3. The van der Waals surface area contributed by atoms with E-state index in [1.54, 1.807) is 0 Å². The van der Waals surface area contributed by atoms with Gasteiger partial charge in [-0.3, -0.25) is 4.79 Å². The quantitative estimate of drug-likeness (QED) is 0.855. The first-order chi connectivity index (χ1) is 7.61. The van der Waals surface area contributed by atoms with Crippen LogP contribution < -0.4 is 0 Å². The van der Waals surface area contributed by atoms with Crippen molar-refractivity contribution in [3.8, 4) is 0 Å². The average Bonchev–Trinajstić information content (AvgIpc) is 2.54. The van der Waals surface area contributed by atoms with Crippen molar-refractivity contribution in [3.05, 3.63) is 22.6 Å². The zero-order valence-electron chi connectivity index (χ0n) is 9.88. The van der Waals surface area contributed by atoms with Crippen LogP contribution in [0.3, 0.4) is 0 Å². The van der Waals surface area contributed by atoms with Gasteiger partial charge in [-0.2, -0.15) is 0 Å². The van der Waals surface area contributed by atoms with E-state index >= 15 is 0 Å². The molecule has 0 spiro atoms. The topological polar surface area (TPSA) is 50.4 Å². The zero-order valence-corrected chi connectivity index (χ0v) is 9.88. The van der Waals surface area contributed by atoms with E-state index in [0.29, 0.717) is 0 Å². The predicted octanol–water partition coefficient (Wildman–Crippen LogP) is 2.73. The maximum Gasteiger partial charge on any atom is 0.303 e. The smallest absolute Gasteiger partial charge is 0.303 e. The van der Waals surface area contributed by atoms with Crippen molar-refractivity contribution in [2.45, 2.75) is 46.0 Å². The van der Waals surface area contributed by atoms with Crippen molar-refractivity contribution in [2.24, 2.45) is 5.92 Å². The molecule has 88 valence electrons. The third-order valence-corrected chi connectivity index (χ3v) is 3.51. The minimum Gasteiger partial charge on any atom is -0.481 e. The standard InChI is InChI=1S/C13H18O3/c1-3-11-8(2)10-5-4-9(7-13(14)15)6-12(10)16-11/h9H,3-7H2,1-2H3,(H,14,15). The van der Waals surface area contributed by atoms with Crippen LogP contribution in [-0.4, -0.2) is 11.1 Å². The van der Waals surface area contributed by atoms with Gasteiger partial charge in [-0.15, -0.1) is 0 Å². The molecule has 1 atom stereocenters. The van der Waals surface area contributed by atoms with Gasteiger partial charge < -0.3 is 9.52 Å². The van der Waals surface area contributed by atoms with E-state index in [4.69, 9.17) is 9.52 Å². The number of aryl methyl sites for hydroxylation is 1. The lowest BCUT2D eigenvalue weighted by atomic mass is 9.85. The second kappa shape index (κ2) is 4.32. The molecule has 2 rings (SSSR count). The Hall–Kier alpha value is -1.25. The molecular weight excluding hydrogens is 204 g/mol. The number of furan rings is 1. The van der Waals surface area contributed by atoms with Crippen LogP contribution >= 0.6 is 0 Å². The van der Waals surface area contributed by atoms with Gasteiger partial charge in [0.25, 0.3) is 0 Å². The number of fused-ring (bicyclic) bond motifs is 1. The molecule has 0 aliphatic heterocycles. The third-order valence-electron chi connectivity index (χ3n) is 3.51. The monoisotopic (exact) mass is 222 g/mol. The van der Waals surface area contributed by atoms with Crippen LogP contribution in [0, 0.1) is 12.8 Å². The normalized spacial score (nSPS) is 19.5. The van der Waals surface area contributed by atoms with Crippen LogP contribution in [0.25, 0.3) is 0 Å². The van der Waals surface area contributed by atoms with Crippen molar-refractivity contribution in [1.29, 1.82) is 0 Å². The summed E-state index contributed by atoms with van der Waals surface area (Å²) in [5.74, 6) is 1.65.